The van der Waals surface area contributed by atoms with Crippen LogP contribution in [0.1, 0.15) is 18.7 Å². The number of halogens is 1. The molecule has 3 heteroatoms. The van der Waals surface area contributed by atoms with Crippen molar-refractivity contribution >= 4 is 0 Å². The van der Waals surface area contributed by atoms with E-state index in [0.29, 0.717) is 5.56 Å². The van der Waals surface area contributed by atoms with Gasteiger partial charge in [-0.3, -0.25) is 0 Å². The predicted octanol–water partition coefficient (Wildman–Crippen LogP) is 2.91. The minimum Gasteiger partial charge on any atom is -0.345 e. The zero-order valence-corrected chi connectivity index (χ0v) is 7.79. The first-order valence-electron chi connectivity index (χ1n) is 4.43. The molecule has 0 bridgehead atoms. The Morgan fingerprint density at radius 1 is 1.57 bits per heavy atom. The zero-order chi connectivity index (χ0) is 9.97. The first kappa shape index (κ1) is 8.94. The highest BCUT2D eigenvalue weighted by Gasteiger charge is 2.05. The van der Waals surface area contributed by atoms with E-state index in [1.54, 1.807) is 24.5 Å². The van der Waals surface area contributed by atoms with Gasteiger partial charge in [0.25, 0.3) is 0 Å². The molecular formula is C11H10FN2. The molecule has 0 amide bonds. The summed E-state index contributed by atoms with van der Waals surface area (Å²) >= 11 is 0. The summed E-state index contributed by atoms with van der Waals surface area (Å²) < 4.78 is 13.0. The van der Waals surface area contributed by atoms with Crippen LogP contribution in [0.2, 0.25) is 0 Å². The van der Waals surface area contributed by atoms with Gasteiger partial charge in [-0.2, -0.15) is 0 Å². The van der Waals surface area contributed by atoms with Crippen LogP contribution >= 0.6 is 0 Å². The average molecular weight is 189 g/mol. The fraction of sp³-hybridized carbons (Fsp3) is 0.182. The highest BCUT2D eigenvalue weighted by molar-refractivity contribution is 5.55. The number of rotatable bonds is 2. The number of hydrogen-bond acceptors (Lipinski definition) is 1. The van der Waals surface area contributed by atoms with Gasteiger partial charge in [-0.15, -0.1) is 0 Å². The summed E-state index contributed by atoms with van der Waals surface area (Å²) in [4.78, 5) is 7.07. The molecule has 0 aliphatic carbocycles. The Labute approximate surface area is 81.8 Å². The van der Waals surface area contributed by atoms with Crippen molar-refractivity contribution < 1.29 is 4.39 Å². The van der Waals surface area contributed by atoms with Crippen LogP contribution in [0.25, 0.3) is 11.4 Å². The topological polar surface area (TPSA) is 28.7 Å². The fourth-order valence-electron chi connectivity index (χ4n) is 1.29. The Bertz CT molecular complexity index is 407. The quantitative estimate of drug-likeness (QED) is 0.773. The van der Waals surface area contributed by atoms with Gasteiger partial charge in [0.2, 0.25) is 0 Å². The van der Waals surface area contributed by atoms with Gasteiger partial charge in [0.15, 0.2) is 0 Å². The van der Waals surface area contributed by atoms with Gasteiger partial charge >= 0.3 is 0 Å². The van der Waals surface area contributed by atoms with Crippen molar-refractivity contribution in [2.45, 2.75) is 13.1 Å². The fourth-order valence-corrected chi connectivity index (χ4v) is 1.29. The van der Waals surface area contributed by atoms with Crippen LogP contribution in [-0.4, -0.2) is 9.97 Å². The summed E-state index contributed by atoms with van der Waals surface area (Å²) in [7, 11) is 0. The molecule has 71 valence electrons. The summed E-state index contributed by atoms with van der Waals surface area (Å²) in [5.41, 5.74) is 1.44. The van der Waals surface area contributed by atoms with Crippen molar-refractivity contribution in [2.75, 3.05) is 0 Å². The number of aromatic amines is 1. The maximum Gasteiger partial charge on any atom is 0.137 e. The van der Waals surface area contributed by atoms with Crippen LogP contribution in [0.5, 0.6) is 0 Å². The molecule has 0 saturated heterocycles. The molecule has 1 heterocycles. The number of nitrogens with one attached hydrogen (secondary N) is 1. The van der Waals surface area contributed by atoms with Gasteiger partial charge < -0.3 is 4.98 Å². The number of H-pyrrole nitrogens is 1. The molecule has 1 radical (unpaired) electrons. The largest absolute Gasteiger partial charge is 0.345 e. The van der Waals surface area contributed by atoms with E-state index in [-0.39, 0.29) is 0 Å². The summed E-state index contributed by atoms with van der Waals surface area (Å²) in [6.07, 6.45) is 2.42. The van der Waals surface area contributed by atoms with Crippen molar-refractivity contribution in [1.82, 2.24) is 9.97 Å². The average Bonchev–Trinajstić information content (AvgIpc) is 2.71. The van der Waals surface area contributed by atoms with Crippen molar-refractivity contribution in [1.29, 1.82) is 0 Å². The molecular weight excluding hydrogens is 179 g/mol. The lowest BCUT2D eigenvalue weighted by Crippen LogP contribution is -1.87. The molecule has 2 aromatic rings. The molecule has 1 atom stereocenters. The number of aromatic nitrogens is 2. The summed E-state index contributed by atoms with van der Waals surface area (Å²) in [6, 6.07) is 8.17. The van der Waals surface area contributed by atoms with E-state index < -0.39 is 6.17 Å². The highest BCUT2D eigenvalue weighted by atomic mass is 19.1. The second-order valence-electron chi connectivity index (χ2n) is 3.09. The van der Waals surface area contributed by atoms with Crippen LogP contribution in [0.15, 0.2) is 30.6 Å². The Balaban J connectivity index is 2.41. The van der Waals surface area contributed by atoms with Crippen LogP contribution in [-0.2, 0) is 0 Å². The van der Waals surface area contributed by atoms with E-state index >= 15 is 0 Å². The normalized spacial score (nSPS) is 12.7. The zero-order valence-electron chi connectivity index (χ0n) is 7.79. The molecule has 0 fully saturated rings. The van der Waals surface area contributed by atoms with Crippen molar-refractivity contribution in [3.8, 4) is 11.4 Å². The van der Waals surface area contributed by atoms with Gasteiger partial charge in [0.05, 0.1) is 0 Å². The third kappa shape index (κ3) is 1.66. The Hall–Kier alpha value is -1.64. The van der Waals surface area contributed by atoms with E-state index in [4.69, 9.17) is 0 Å². The second-order valence-corrected chi connectivity index (χ2v) is 3.09. The van der Waals surface area contributed by atoms with Crippen LogP contribution < -0.4 is 0 Å². The SMILES string of the molecule is CC(F)c1[c]ccc(-c2ncc[nH]2)c1. The van der Waals surface area contributed by atoms with Crippen molar-refractivity contribution in [3.63, 3.8) is 0 Å². The van der Waals surface area contributed by atoms with E-state index in [1.165, 1.54) is 6.92 Å². The van der Waals surface area contributed by atoms with Crippen molar-refractivity contribution in [3.05, 3.63) is 42.2 Å². The van der Waals surface area contributed by atoms with Gasteiger partial charge in [-0.05, 0) is 24.6 Å². The van der Waals surface area contributed by atoms with Crippen molar-refractivity contribution in [2.24, 2.45) is 0 Å². The van der Waals surface area contributed by atoms with Crippen LogP contribution in [0.4, 0.5) is 4.39 Å². The van der Waals surface area contributed by atoms with E-state index in [9.17, 15) is 4.39 Å². The van der Waals surface area contributed by atoms with Crippen LogP contribution in [0, 0.1) is 6.07 Å². The molecule has 1 unspecified atom stereocenters. The summed E-state index contributed by atoms with van der Waals surface area (Å²) in [6.45, 7) is 1.50. The Morgan fingerprint density at radius 3 is 3.07 bits per heavy atom. The minimum absolute atomic E-state index is 0.555. The van der Waals surface area contributed by atoms with Gasteiger partial charge in [-0.25, -0.2) is 9.37 Å². The number of alkyl halides is 1. The lowest BCUT2D eigenvalue weighted by atomic mass is 10.1. The Morgan fingerprint density at radius 2 is 2.43 bits per heavy atom. The lowest BCUT2D eigenvalue weighted by molar-refractivity contribution is 0.374. The van der Waals surface area contributed by atoms with E-state index in [0.717, 1.165) is 11.4 Å². The molecule has 0 spiro atoms. The molecule has 1 aromatic heterocycles. The molecule has 2 rings (SSSR count). The van der Waals surface area contributed by atoms with E-state index in [1.807, 2.05) is 6.07 Å². The maximum absolute atomic E-state index is 13.0. The first-order valence-corrected chi connectivity index (χ1v) is 4.43. The third-order valence-electron chi connectivity index (χ3n) is 2.02. The Kier molecular flexibility index (Phi) is 2.31. The molecule has 0 saturated carbocycles. The number of imidazole rings is 1. The van der Waals surface area contributed by atoms with Gasteiger partial charge in [-0.1, -0.05) is 12.1 Å². The minimum atomic E-state index is -0.995. The summed E-state index contributed by atoms with van der Waals surface area (Å²) in [5.74, 6) is 0.751. The van der Waals surface area contributed by atoms with Gasteiger partial charge in [0, 0.05) is 18.0 Å². The van der Waals surface area contributed by atoms with Crippen LogP contribution in [0.3, 0.4) is 0 Å². The smallest absolute Gasteiger partial charge is 0.137 e. The molecule has 14 heavy (non-hydrogen) atoms. The van der Waals surface area contributed by atoms with E-state index in [2.05, 4.69) is 16.0 Å². The number of benzene rings is 1. The monoisotopic (exact) mass is 189 g/mol. The molecule has 0 aliphatic rings. The third-order valence-corrected chi connectivity index (χ3v) is 2.02. The molecule has 1 aromatic carbocycles. The maximum atomic E-state index is 13.0. The summed E-state index contributed by atoms with van der Waals surface area (Å²) in [5, 5.41) is 0. The lowest BCUT2D eigenvalue weighted by Gasteiger charge is -2.03. The standard InChI is InChI=1S/C11H10FN2/c1-8(12)9-3-2-4-10(7-9)11-13-5-6-14-11/h2,4-8H,1H3,(H,13,14). The predicted molar refractivity (Wildman–Crippen MR) is 52.4 cm³/mol. The molecule has 0 aliphatic heterocycles. The van der Waals surface area contributed by atoms with Gasteiger partial charge in [0.1, 0.15) is 12.0 Å². The second kappa shape index (κ2) is 3.62. The highest BCUT2D eigenvalue weighted by Crippen LogP contribution is 2.21. The molecule has 1 N–H and O–H groups in total. The first-order chi connectivity index (χ1) is 6.77. The number of nitrogens with zero attached hydrogens (tertiary/aromatic N) is 1. The number of hydrogen-bond donors (Lipinski definition) is 1. The molecule has 2 nitrogen and oxygen atoms in total.